The number of nitrogens with two attached hydrogens (primary N) is 1. The molecule has 2 aromatic rings. The van der Waals surface area contributed by atoms with Crippen LogP contribution >= 0.6 is 11.8 Å². The molecule has 0 unspecified atom stereocenters. The molecule has 4 N–H and O–H groups in total. The highest BCUT2D eigenvalue weighted by molar-refractivity contribution is 7.99. The van der Waals surface area contributed by atoms with E-state index >= 15 is 0 Å². The number of nitrogen functional groups attached to an aromatic ring is 1. The number of aromatic amines is 1. The number of anilines is 1. The number of nitrogens with one attached hydrogen (secondary N) is 2. The summed E-state index contributed by atoms with van der Waals surface area (Å²) in [4.78, 5) is 15.6. The number of carbonyl (C=O) groups excluding carboxylic acids is 1. The highest BCUT2D eigenvalue weighted by atomic mass is 32.2. The first-order chi connectivity index (χ1) is 11.3. The maximum atomic E-state index is 11.7. The van der Waals surface area contributed by atoms with Crippen molar-refractivity contribution in [1.82, 2.24) is 20.5 Å². The van der Waals surface area contributed by atoms with Crippen LogP contribution in [0, 0.1) is 0 Å². The van der Waals surface area contributed by atoms with Crippen LogP contribution in [-0.4, -0.2) is 40.0 Å². The molecule has 7 nitrogen and oxygen atoms in total. The molecule has 130 valence electrons. The van der Waals surface area contributed by atoms with Gasteiger partial charge in [0.1, 0.15) is 12.4 Å². The van der Waals surface area contributed by atoms with Crippen molar-refractivity contribution in [2.24, 2.45) is 0 Å². The van der Waals surface area contributed by atoms with Crippen molar-refractivity contribution in [3.63, 3.8) is 0 Å². The van der Waals surface area contributed by atoms with E-state index in [1.807, 2.05) is 12.1 Å². The molecule has 0 radical (unpaired) electrons. The van der Waals surface area contributed by atoms with Gasteiger partial charge in [0.2, 0.25) is 17.0 Å². The second-order valence-corrected chi connectivity index (χ2v) is 7.21. The first kappa shape index (κ1) is 18.1. The highest BCUT2D eigenvalue weighted by Crippen LogP contribution is 2.24. The summed E-state index contributed by atoms with van der Waals surface area (Å²) in [5.41, 5.74) is 6.79. The van der Waals surface area contributed by atoms with Gasteiger partial charge in [0.15, 0.2) is 0 Å². The molecule has 24 heavy (non-hydrogen) atoms. The minimum atomic E-state index is -0.102. The van der Waals surface area contributed by atoms with E-state index in [2.05, 4.69) is 53.4 Å². The van der Waals surface area contributed by atoms with Crippen molar-refractivity contribution >= 4 is 23.6 Å². The summed E-state index contributed by atoms with van der Waals surface area (Å²) in [6.07, 6.45) is 0. The maximum Gasteiger partial charge on any atom is 0.230 e. The fourth-order valence-corrected chi connectivity index (χ4v) is 2.55. The molecule has 1 heterocycles. The number of hydrogen-bond donors (Lipinski definition) is 3. The Kier molecular flexibility index (Phi) is 6.08. The normalized spacial score (nSPS) is 11.3. The van der Waals surface area contributed by atoms with Gasteiger partial charge in [0.05, 0.1) is 12.3 Å². The molecule has 0 saturated heterocycles. The predicted octanol–water partition coefficient (Wildman–Crippen LogP) is 1.97. The summed E-state index contributed by atoms with van der Waals surface area (Å²) in [5.74, 6) is 1.17. The molecule has 0 saturated carbocycles. The Bertz CT molecular complexity index is 664. The zero-order chi connectivity index (χ0) is 17.6. The Labute approximate surface area is 145 Å². The molecular weight excluding hydrogens is 326 g/mol. The SMILES string of the molecule is CC(C)(C)c1ccc(OCCNC(=O)CSc2n[nH]c(N)n2)cc1. The van der Waals surface area contributed by atoms with Crippen LogP contribution in [-0.2, 0) is 10.2 Å². The van der Waals surface area contributed by atoms with Crippen LogP contribution in [0.1, 0.15) is 26.3 Å². The first-order valence-corrected chi connectivity index (χ1v) is 8.64. The van der Waals surface area contributed by atoms with Crippen LogP contribution in [0.3, 0.4) is 0 Å². The zero-order valence-electron chi connectivity index (χ0n) is 14.1. The molecule has 1 aromatic carbocycles. The van der Waals surface area contributed by atoms with E-state index in [0.717, 1.165) is 5.75 Å². The average Bonchev–Trinajstić information content (AvgIpc) is 2.95. The lowest BCUT2D eigenvalue weighted by atomic mass is 9.87. The van der Waals surface area contributed by atoms with Crippen molar-refractivity contribution < 1.29 is 9.53 Å². The van der Waals surface area contributed by atoms with E-state index in [1.165, 1.54) is 17.3 Å². The molecule has 0 fully saturated rings. The maximum absolute atomic E-state index is 11.7. The lowest BCUT2D eigenvalue weighted by molar-refractivity contribution is -0.118. The molecular formula is C16H23N5O2S. The Morgan fingerprint density at radius 2 is 2.04 bits per heavy atom. The third kappa shape index (κ3) is 5.77. The number of hydrogen-bond acceptors (Lipinski definition) is 6. The Morgan fingerprint density at radius 1 is 1.33 bits per heavy atom. The summed E-state index contributed by atoms with van der Waals surface area (Å²) < 4.78 is 5.62. The minimum Gasteiger partial charge on any atom is -0.492 e. The minimum absolute atomic E-state index is 0.102. The van der Waals surface area contributed by atoms with E-state index in [1.54, 1.807) is 0 Å². The number of amides is 1. The number of rotatable bonds is 7. The molecule has 1 aromatic heterocycles. The monoisotopic (exact) mass is 349 g/mol. The van der Waals surface area contributed by atoms with Crippen LogP contribution < -0.4 is 15.8 Å². The average molecular weight is 349 g/mol. The fraction of sp³-hybridized carbons (Fsp3) is 0.438. The molecule has 0 spiro atoms. The second kappa shape index (κ2) is 8.05. The van der Waals surface area contributed by atoms with Gasteiger partial charge in [-0.25, -0.2) is 5.10 Å². The Morgan fingerprint density at radius 3 is 2.62 bits per heavy atom. The third-order valence-electron chi connectivity index (χ3n) is 3.23. The number of ether oxygens (including phenoxy) is 1. The number of benzene rings is 1. The summed E-state index contributed by atoms with van der Waals surface area (Å²) >= 11 is 1.22. The summed E-state index contributed by atoms with van der Waals surface area (Å²) in [6.45, 7) is 7.37. The van der Waals surface area contributed by atoms with Gasteiger partial charge in [-0.15, -0.1) is 5.10 Å². The number of aromatic nitrogens is 3. The standard InChI is InChI=1S/C16H23N5O2S/c1-16(2,3)11-4-6-12(7-5-11)23-9-8-18-13(22)10-24-15-19-14(17)20-21-15/h4-7H,8-10H2,1-3H3,(H,18,22)(H3,17,19,20,21). The molecule has 0 aliphatic rings. The van der Waals surface area contributed by atoms with Gasteiger partial charge in [0.25, 0.3) is 0 Å². The van der Waals surface area contributed by atoms with E-state index in [-0.39, 0.29) is 23.0 Å². The number of carbonyl (C=O) groups is 1. The number of thioether (sulfide) groups is 1. The number of H-pyrrole nitrogens is 1. The largest absolute Gasteiger partial charge is 0.492 e. The summed E-state index contributed by atoms with van der Waals surface area (Å²) in [6, 6.07) is 8.03. The smallest absolute Gasteiger partial charge is 0.230 e. The first-order valence-electron chi connectivity index (χ1n) is 7.65. The van der Waals surface area contributed by atoms with E-state index in [9.17, 15) is 4.79 Å². The van der Waals surface area contributed by atoms with Crippen molar-refractivity contribution in [3.8, 4) is 5.75 Å². The van der Waals surface area contributed by atoms with Gasteiger partial charge in [-0.3, -0.25) is 4.79 Å². The Hall–Kier alpha value is -2.22. The predicted molar refractivity (Wildman–Crippen MR) is 95.2 cm³/mol. The Balaban J connectivity index is 1.64. The van der Waals surface area contributed by atoms with Crippen LogP contribution in [0.5, 0.6) is 5.75 Å². The van der Waals surface area contributed by atoms with Crippen LogP contribution in [0.15, 0.2) is 29.4 Å². The molecule has 0 aliphatic carbocycles. The van der Waals surface area contributed by atoms with Gasteiger partial charge < -0.3 is 15.8 Å². The van der Waals surface area contributed by atoms with Crippen molar-refractivity contribution in [1.29, 1.82) is 0 Å². The van der Waals surface area contributed by atoms with Gasteiger partial charge in [-0.1, -0.05) is 44.7 Å². The molecule has 8 heteroatoms. The van der Waals surface area contributed by atoms with Gasteiger partial charge in [-0.2, -0.15) is 4.98 Å². The lowest BCUT2D eigenvalue weighted by Crippen LogP contribution is -2.29. The molecule has 1 amide bonds. The number of nitrogens with zero attached hydrogens (tertiary/aromatic N) is 2. The lowest BCUT2D eigenvalue weighted by Gasteiger charge is -2.19. The van der Waals surface area contributed by atoms with Gasteiger partial charge in [-0.05, 0) is 23.1 Å². The topological polar surface area (TPSA) is 106 Å². The van der Waals surface area contributed by atoms with Crippen LogP contribution in [0.4, 0.5) is 5.95 Å². The third-order valence-corrected chi connectivity index (χ3v) is 4.08. The van der Waals surface area contributed by atoms with Crippen LogP contribution in [0.25, 0.3) is 0 Å². The molecule has 0 bridgehead atoms. The van der Waals surface area contributed by atoms with Crippen molar-refractivity contribution in [2.45, 2.75) is 31.3 Å². The van der Waals surface area contributed by atoms with E-state index in [4.69, 9.17) is 10.5 Å². The molecule has 0 atom stereocenters. The van der Waals surface area contributed by atoms with Crippen LogP contribution in [0.2, 0.25) is 0 Å². The van der Waals surface area contributed by atoms with E-state index in [0.29, 0.717) is 18.3 Å². The molecule has 2 rings (SSSR count). The fourth-order valence-electron chi connectivity index (χ4n) is 1.91. The highest BCUT2D eigenvalue weighted by Gasteiger charge is 2.13. The van der Waals surface area contributed by atoms with Crippen molar-refractivity contribution in [2.75, 3.05) is 24.6 Å². The van der Waals surface area contributed by atoms with E-state index < -0.39 is 0 Å². The zero-order valence-corrected chi connectivity index (χ0v) is 14.9. The summed E-state index contributed by atoms with van der Waals surface area (Å²) in [5, 5.41) is 9.61. The van der Waals surface area contributed by atoms with Gasteiger partial charge in [0, 0.05) is 0 Å². The molecule has 0 aliphatic heterocycles. The summed E-state index contributed by atoms with van der Waals surface area (Å²) in [7, 11) is 0. The van der Waals surface area contributed by atoms with Gasteiger partial charge >= 0.3 is 0 Å². The quantitative estimate of drug-likeness (QED) is 0.521. The second-order valence-electron chi connectivity index (χ2n) is 6.26. The van der Waals surface area contributed by atoms with Crippen molar-refractivity contribution in [3.05, 3.63) is 29.8 Å².